The van der Waals surface area contributed by atoms with E-state index in [9.17, 15) is 4.79 Å². The molecule has 0 radical (unpaired) electrons. The van der Waals surface area contributed by atoms with Crippen LogP contribution in [0.4, 0.5) is 0 Å². The third-order valence-corrected chi connectivity index (χ3v) is 5.44. The van der Waals surface area contributed by atoms with Crippen molar-refractivity contribution in [3.05, 3.63) is 0 Å². The average molecular weight is 296 g/mol. The van der Waals surface area contributed by atoms with E-state index in [2.05, 4.69) is 31.1 Å². The molecule has 4 nitrogen and oxygen atoms in total. The summed E-state index contributed by atoms with van der Waals surface area (Å²) in [5.74, 6) is 0.333. The lowest BCUT2D eigenvalue weighted by Gasteiger charge is -2.39. The van der Waals surface area contributed by atoms with Gasteiger partial charge in [0.2, 0.25) is 0 Å². The maximum Gasteiger partial charge on any atom is 0.326 e. The minimum absolute atomic E-state index is 0.0648. The van der Waals surface area contributed by atoms with Crippen molar-refractivity contribution < 1.29 is 9.53 Å². The lowest BCUT2D eigenvalue weighted by atomic mass is 9.83. The fraction of sp³-hybridized carbons (Fsp3) is 0.941. The molecule has 2 aliphatic carbocycles. The quantitative estimate of drug-likeness (QED) is 0.733. The van der Waals surface area contributed by atoms with E-state index in [1.165, 1.54) is 26.4 Å². The molecule has 122 valence electrons. The van der Waals surface area contributed by atoms with Crippen LogP contribution in [0, 0.1) is 5.92 Å². The van der Waals surface area contributed by atoms with Gasteiger partial charge in [0.25, 0.3) is 0 Å². The molecule has 2 aliphatic rings. The number of rotatable bonds is 7. The molecule has 2 saturated carbocycles. The van der Waals surface area contributed by atoms with Gasteiger partial charge in [-0.3, -0.25) is 10.1 Å². The second-order valence-electron chi connectivity index (χ2n) is 7.21. The van der Waals surface area contributed by atoms with Gasteiger partial charge >= 0.3 is 5.97 Å². The SMILES string of the molecule is COC(=O)C1(NC(C)C)CCCC1CCN(C)C1CCC1. The maximum absolute atomic E-state index is 12.4. The van der Waals surface area contributed by atoms with Gasteiger partial charge in [-0.1, -0.05) is 12.8 Å². The molecule has 0 spiro atoms. The van der Waals surface area contributed by atoms with Crippen molar-refractivity contribution in [3.63, 3.8) is 0 Å². The van der Waals surface area contributed by atoms with Crippen LogP contribution in [0.5, 0.6) is 0 Å². The molecule has 21 heavy (non-hydrogen) atoms. The molecule has 0 aromatic heterocycles. The third kappa shape index (κ3) is 3.59. The summed E-state index contributed by atoms with van der Waals surface area (Å²) in [7, 11) is 3.75. The Balaban J connectivity index is 1.99. The molecule has 0 saturated heterocycles. The highest BCUT2D eigenvalue weighted by Crippen LogP contribution is 2.39. The van der Waals surface area contributed by atoms with Crippen LogP contribution < -0.4 is 5.32 Å². The summed E-state index contributed by atoms with van der Waals surface area (Å²) in [6.45, 7) is 5.31. The highest BCUT2D eigenvalue weighted by molar-refractivity contribution is 5.81. The molecule has 0 heterocycles. The van der Waals surface area contributed by atoms with Gasteiger partial charge < -0.3 is 9.64 Å². The molecule has 4 heteroatoms. The Morgan fingerprint density at radius 2 is 2.05 bits per heavy atom. The van der Waals surface area contributed by atoms with Gasteiger partial charge in [-0.05, 0) is 65.5 Å². The number of methoxy groups -OCH3 is 1. The van der Waals surface area contributed by atoms with E-state index in [1.54, 1.807) is 0 Å². The monoisotopic (exact) mass is 296 g/mol. The fourth-order valence-electron chi connectivity index (χ4n) is 4.05. The van der Waals surface area contributed by atoms with Gasteiger partial charge in [0.15, 0.2) is 0 Å². The van der Waals surface area contributed by atoms with Crippen molar-refractivity contribution >= 4 is 5.97 Å². The second-order valence-corrected chi connectivity index (χ2v) is 7.21. The summed E-state index contributed by atoms with van der Waals surface area (Å²) in [6, 6.07) is 1.08. The van der Waals surface area contributed by atoms with Crippen LogP contribution in [-0.2, 0) is 9.53 Å². The normalized spacial score (nSPS) is 29.9. The molecule has 0 aromatic carbocycles. The summed E-state index contributed by atoms with van der Waals surface area (Å²) < 4.78 is 5.14. The number of ether oxygens (including phenoxy) is 1. The van der Waals surface area contributed by atoms with Gasteiger partial charge in [-0.15, -0.1) is 0 Å². The first-order valence-electron chi connectivity index (χ1n) is 8.56. The lowest BCUT2D eigenvalue weighted by molar-refractivity contribution is -0.151. The van der Waals surface area contributed by atoms with E-state index < -0.39 is 5.54 Å². The molecular formula is C17H32N2O2. The molecule has 1 N–H and O–H groups in total. The molecule has 0 bridgehead atoms. The Labute approximate surface area is 129 Å². The van der Waals surface area contributed by atoms with E-state index in [1.807, 2.05) is 0 Å². The number of hydrogen-bond donors (Lipinski definition) is 1. The van der Waals surface area contributed by atoms with Crippen molar-refractivity contribution in [2.75, 3.05) is 20.7 Å². The predicted octanol–water partition coefficient (Wildman–Crippen LogP) is 2.57. The molecule has 2 rings (SSSR count). The standard InChI is InChI=1S/C17H32N2O2/c1-13(2)18-17(16(20)21-4)11-6-7-14(17)10-12-19(3)15-8-5-9-15/h13-15,18H,5-12H2,1-4H3. The fourth-order valence-corrected chi connectivity index (χ4v) is 4.05. The van der Waals surface area contributed by atoms with E-state index in [-0.39, 0.29) is 5.97 Å². The highest BCUT2D eigenvalue weighted by atomic mass is 16.5. The van der Waals surface area contributed by atoms with Crippen molar-refractivity contribution in [1.29, 1.82) is 0 Å². The van der Waals surface area contributed by atoms with E-state index in [0.717, 1.165) is 38.3 Å². The topological polar surface area (TPSA) is 41.6 Å². The van der Waals surface area contributed by atoms with Crippen LogP contribution in [-0.4, -0.2) is 49.2 Å². The van der Waals surface area contributed by atoms with Crippen LogP contribution in [0.2, 0.25) is 0 Å². The van der Waals surface area contributed by atoms with Crippen LogP contribution in [0.1, 0.15) is 58.8 Å². The van der Waals surface area contributed by atoms with Crippen molar-refractivity contribution in [2.24, 2.45) is 5.92 Å². The van der Waals surface area contributed by atoms with Crippen LogP contribution in [0.15, 0.2) is 0 Å². The first-order chi connectivity index (χ1) is 9.99. The van der Waals surface area contributed by atoms with Gasteiger partial charge in [0.1, 0.15) is 5.54 Å². The van der Waals surface area contributed by atoms with Crippen LogP contribution >= 0.6 is 0 Å². The molecule has 2 fully saturated rings. The van der Waals surface area contributed by atoms with E-state index in [4.69, 9.17) is 4.74 Å². The summed E-state index contributed by atoms with van der Waals surface area (Å²) in [5, 5.41) is 3.54. The number of hydrogen-bond acceptors (Lipinski definition) is 4. The Morgan fingerprint density at radius 1 is 1.33 bits per heavy atom. The summed E-state index contributed by atoms with van der Waals surface area (Å²) >= 11 is 0. The highest BCUT2D eigenvalue weighted by Gasteiger charge is 2.49. The third-order valence-electron chi connectivity index (χ3n) is 5.44. The summed E-state index contributed by atoms with van der Waals surface area (Å²) in [6.07, 6.45) is 8.30. The van der Waals surface area contributed by atoms with Gasteiger partial charge in [-0.25, -0.2) is 0 Å². The number of nitrogens with one attached hydrogen (secondary N) is 1. The van der Waals surface area contributed by atoms with Crippen molar-refractivity contribution in [3.8, 4) is 0 Å². The van der Waals surface area contributed by atoms with Gasteiger partial charge in [0.05, 0.1) is 7.11 Å². The zero-order valence-corrected chi connectivity index (χ0v) is 14.2. The first-order valence-corrected chi connectivity index (χ1v) is 8.56. The zero-order valence-electron chi connectivity index (χ0n) is 14.2. The molecular weight excluding hydrogens is 264 g/mol. The zero-order chi connectivity index (χ0) is 15.5. The van der Waals surface area contributed by atoms with Gasteiger partial charge in [-0.2, -0.15) is 0 Å². The Bertz CT molecular complexity index is 355. The molecule has 0 aliphatic heterocycles. The number of esters is 1. The van der Waals surface area contributed by atoms with Crippen molar-refractivity contribution in [1.82, 2.24) is 10.2 Å². The summed E-state index contributed by atoms with van der Waals surface area (Å²) in [5.41, 5.74) is -0.455. The predicted molar refractivity (Wildman–Crippen MR) is 85.2 cm³/mol. The average Bonchev–Trinajstić information content (AvgIpc) is 2.76. The maximum atomic E-state index is 12.4. The number of carbonyl (C=O) groups is 1. The van der Waals surface area contributed by atoms with E-state index >= 15 is 0 Å². The Morgan fingerprint density at radius 3 is 2.57 bits per heavy atom. The molecule has 0 amide bonds. The largest absolute Gasteiger partial charge is 0.468 e. The van der Waals surface area contributed by atoms with Crippen molar-refractivity contribution in [2.45, 2.75) is 76.4 Å². The first kappa shape index (κ1) is 16.8. The number of carbonyl (C=O) groups excluding carboxylic acids is 1. The summed E-state index contributed by atoms with van der Waals surface area (Å²) in [4.78, 5) is 14.9. The Hall–Kier alpha value is -0.610. The molecule has 2 unspecified atom stereocenters. The Kier molecular flexibility index (Phi) is 5.67. The minimum Gasteiger partial charge on any atom is -0.468 e. The smallest absolute Gasteiger partial charge is 0.326 e. The molecule has 2 atom stereocenters. The van der Waals surface area contributed by atoms with E-state index in [0.29, 0.717) is 12.0 Å². The van der Waals surface area contributed by atoms with Gasteiger partial charge in [0, 0.05) is 12.1 Å². The second kappa shape index (κ2) is 7.10. The minimum atomic E-state index is -0.455. The lowest BCUT2D eigenvalue weighted by Crippen LogP contribution is -2.58. The number of nitrogens with zero attached hydrogens (tertiary/aromatic N) is 1. The van der Waals surface area contributed by atoms with Crippen LogP contribution in [0.3, 0.4) is 0 Å². The molecule has 0 aromatic rings. The van der Waals surface area contributed by atoms with Crippen LogP contribution in [0.25, 0.3) is 0 Å².